The molecule has 8 rings (SSSR count). The van der Waals surface area contributed by atoms with Crippen LogP contribution >= 0.6 is 24.8 Å². The van der Waals surface area contributed by atoms with E-state index >= 15 is 0 Å². The van der Waals surface area contributed by atoms with E-state index in [1.165, 1.54) is 117 Å². The summed E-state index contributed by atoms with van der Waals surface area (Å²) in [6.45, 7) is 27.7. The molecular weight excluding hydrogens is 871 g/mol. The van der Waals surface area contributed by atoms with Crippen molar-refractivity contribution in [2.45, 2.75) is 109 Å². The van der Waals surface area contributed by atoms with E-state index in [0.717, 1.165) is 12.8 Å². The van der Waals surface area contributed by atoms with Crippen molar-refractivity contribution in [2.75, 3.05) is 0 Å². The fourth-order valence-corrected chi connectivity index (χ4v) is 28.5. The molecule has 0 aromatic heterocycles. The molecule has 0 radical (unpaired) electrons. The van der Waals surface area contributed by atoms with Crippen molar-refractivity contribution in [1.82, 2.24) is 0 Å². The van der Waals surface area contributed by atoms with E-state index in [1.54, 1.807) is 3.28 Å². The van der Waals surface area contributed by atoms with Gasteiger partial charge in [0.2, 0.25) is 0 Å². The molecule has 2 aliphatic carbocycles. The minimum atomic E-state index is -5.35. The molecule has 0 saturated heterocycles. The second-order valence-electron chi connectivity index (χ2n) is 20.0. The Morgan fingerprint density at radius 1 is 0.581 bits per heavy atom. The van der Waals surface area contributed by atoms with Gasteiger partial charge in [-0.1, -0.05) is 0 Å². The number of aryl methyl sites for hydroxylation is 8. The third-order valence-corrected chi connectivity index (χ3v) is 30.8. The summed E-state index contributed by atoms with van der Waals surface area (Å²) in [6.07, 6.45) is 9.74. The molecule has 0 amide bonds. The zero-order valence-corrected chi connectivity index (χ0v) is 43.5. The Morgan fingerprint density at radius 3 is 1.56 bits per heavy atom. The Morgan fingerprint density at radius 2 is 1.06 bits per heavy atom. The fourth-order valence-electron chi connectivity index (χ4n) is 11.6. The van der Waals surface area contributed by atoms with E-state index < -0.39 is 18.3 Å². The summed E-state index contributed by atoms with van der Waals surface area (Å²) in [5, 5.41) is 0. The summed E-state index contributed by atoms with van der Waals surface area (Å²) >= 11 is -5.35. The van der Waals surface area contributed by atoms with Crippen LogP contribution in [0.25, 0.3) is 33.4 Å². The fraction of sp³-hybridized carbons (Fsp3) is 0.305. The predicted molar refractivity (Wildman–Crippen MR) is 275 cm³/mol. The van der Waals surface area contributed by atoms with Gasteiger partial charge in [0.1, 0.15) is 0 Å². The molecule has 0 nitrogen and oxygen atoms in total. The molecule has 0 bridgehead atoms. The number of rotatable bonds is 9. The van der Waals surface area contributed by atoms with Crippen LogP contribution in [0.3, 0.4) is 0 Å². The van der Waals surface area contributed by atoms with Crippen molar-refractivity contribution in [3.8, 4) is 33.4 Å². The van der Waals surface area contributed by atoms with Gasteiger partial charge in [0.15, 0.2) is 0 Å². The van der Waals surface area contributed by atoms with Gasteiger partial charge in [-0.15, -0.1) is 24.8 Å². The third kappa shape index (κ3) is 7.78. The van der Waals surface area contributed by atoms with Crippen molar-refractivity contribution in [3.63, 3.8) is 0 Å². The monoisotopic (exact) mass is 936 g/mol. The summed E-state index contributed by atoms with van der Waals surface area (Å²) in [4.78, 5) is 0. The van der Waals surface area contributed by atoms with Crippen molar-refractivity contribution in [2.24, 2.45) is 11.3 Å². The van der Waals surface area contributed by atoms with Crippen LogP contribution in [-0.2, 0) is 24.7 Å². The van der Waals surface area contributed by atoms with Crippen LogP contribution in [0.15, 0.2) is 124 Å². The van der Waals surface area contributed by atoms with Gasteiger partial charge in [-0.25, -0.2) is 0 Å². The van der Waals surface area contributed by atoms with E-state index in [0.29, 0.717) is 5.92 Å². The van der Waals surface area contributed by atoms with Crippen LogP contribution < -0.4 is 9.81 Å². The standard InChI is InChI=1S/C31H29.C13H21.2C7H7.CH2.2ClH.Zr/c1-18-11-20(3)30(21(4)12-18)24-7-9-28-26(15-24)17-27-16-25(8-10-29(27)28)31-22(5)13-19(2)14-23(31)6;1-5-6-7-11-8-9-12(10-11)13(2,3)4;2*1-7-5-3-2-4-6-7;;;;/h7-15H,17H2,1-6H3;9-11H,5-7H2,1-4H3;2*3-6H,1H3;1H2;2*1H;. The number of hydrogen-bond donors (Lipinski definition) is 0. The molecule has 2 aliphatic rings. The molecule has 0 saturated carbocycles. The van der Waals surface area contributed by atoms with Crippen LogP contribution in [0.5, 0.6) is 0 Å². The number of allylic oxidation sites excluding steroid dienone is 4. The van der Waals surface area contributed by atoms with E-state index in [-0.39, 0.29) is 30.2 Å². The summed E-state index contributed by atoms with van der Waals surface area (Å²) in [5.41, 5.74) is 23.1. The normalized spacial score (nSPS) is 14.7. The molecule has 0 N–H and O–H groups in total. The average Bonchev–Trinajstić information content (AvgIpc) is 3.79. The molecule has 322 valence electrons. The van der Waals surface area contributed by atoms with Gasteiger partial charge < -0.3 is 0 Å². The number of fused-ring (bicyclic) bond motifs is 3. The quantitative estimate of drug-likeness (QED) is 0.135. The van der Waals surface area contributed by atoms with Crippen LogP contribution in [0.1, 0.15) is 103 Å². The molecule has 6 aromatic carbocycles. The first-order chi connectivity index (χ1) is 28.4. The zero-order valence-electron chi connectivity index (χ0n) is 39.4. The molecule has 6 aromatic rings. The molecule has 3 heteroatoms. The molecular formula is C59H68Cl2Zr. The van der Waals surface area contributed by atoms with Crippen LogP contribution in [0, 0.1) is 66.7 Å². The molecule has 62 heavy (non-hydrogen) atoms. The Labute approximate surface area is 387 Å². The third-order valence-electron chi connectivity index (χ3n) is 14.4. The van der Waals surface area contributed by atoms with Crippen LogP contribution in [0.4, 0.5) is 0 Å². The van der Waals surface area contributed by atoms with Crippen LogP contribution in [0.2, 0.25) is 0 Å². The molecule has 1 atom stereocenters. The second kappa shape index (κ2) is 17.6. The van der Waals surface area contributed by atoms with Gasteiger partial charge in [0.05, 0.1) is 0 Å². The molecule has 1 unspecified atom stereocenters. The molecule has 0 spiro atoms. The predicted octanol–water partition coefficient (Wildman–Crippen LogP) is 15.0. The summed E-state index contributed by atoms with van der Waals surface area (Å²) in [5.74, 6) is 0.303. The van der Waals surface area contributed by atoms with E-state index in [1.807, 2.05) is 0 Å². The first kappa shape index (κ1) is 47.6. The molecule has 0 fully saturated rings. The van der Waals surface area contributed by atoms with Gasteiger partial charge in [-0.2, -0.15) is 0 Å². The van der Waals surface area contributed by atoms with Gasteiger partial charge in [-0.05, 0) is 0 Å². The Hall–Kier alpha value is -3.87. The van der Waals surface area contributed by atoms with Gasteiger partial charge >= 0.3 is 366 Å². The number of halogens is 2. The average molecular weight is 939 g/mol. The topological polar surface area (TPSA) is 0 Å². The Balaban J connectivity index is 0.00000321. The molecule has 0 aliphatic heterocycles. The van der Waals surface area contributed by atoms with E-state index in [4.69, 9.17) is 4.21 Å². The van der Waals surface area contributed by atoms with Crippen molar-refractivity contribution < 1.29 is 18.3 Å². The van der Waals surface area contributed by atoms with E-state index in [9.17, 15) is 0 Å². The van der Waals surface area contributed by atoms with Crippen molar-refractivity contribution in [1.29, 1.82) is 0 Å². The minimum absolute atomic E-state index is 0. The van der Waals surface area contributed by atoms with Gasteiger partial charge in [0, 0.05) is 0 Å². The Bertz CT molecular complexity index is 2720. The summed E-state index contributed by atoms with van der Waals surface area (Å²) in [6, 6.07) is 41.3. The first-order valence-electron chi connectivity index (χ1n) is 22.5. The SMILES string of the molecule is Cl.Cl.[CH2]=[Zr]([C]1=CC(C(C)(C)C)=CC1CCCC)([c]1ccc(C)cc1)([c]1ccc(C)cc1)[c]1c(-c2c(C)cc(C)cc2C)ccc2c1Cc1cc(-c3c(C)cc(C)cc3C)ccc1-2. The number of unbranched alkanes of at least 4 members (excludes halogenated alkanes) is 1. The Kier molecular flexibility index (Phi) is 13.5. The van der Waals surface area contributed by atoms with Gasteiger partial charge in [0.25, 0.3) is 0 Å². The zero-order chi connectivity index (χ0) is 42.9. The molecule has 0 heterocycles. The number of benzene rings is 6. The van der Waals surface area contributed by atoms with Gasteiger partial charge in [-0.3, -0.25) is 0 Å². The first-order valence-corrected chi connectivity index (χ1v) is 29.2. The van der Waals surface area contributed by atoms with Crippen molar-refractivity contribution in [3.05, 3.63) is 180 Å². The summed E-state index contributed by atoms with van der Waals surface area (Å²) < 4.78 is 12.1. The van der Waals surface area contributed by atoms with E-state index in [2.05, 4.69) is 198 Å². The maximum absolute atomic E-state index is 6.14. The summed E-state index contributed by atoms with van der Waals surface area (Å²) in [7, 11) is 0. The maximum atomic E-state index is 6.14. The second-order valence-corrected chi connectivity index (χ2v) is 32.7. The van der Waals surface area contributed by atoms with Crippen LogP contribution in [-0.4, -0.2) is 4.21 Å². The number of hydrogen-bond acceptors (Lipinski definition) is 0. The van der Waals surface area contributed by atoms with Crippen molar-refractivity contribution >= 4 is 38.8 Å².